The summed E-state index contributed by atoms with van der Waals surface area (Å²) in [5, 5.41) is 9.40. The van der Waals surface area contributed by atoms with Crippen LogP contribution in [0.3, 0.4) is 0 Å². The molecular weight excluding hydrogens is 1060 g/mol. The van der Waals surface area contributed by atoms with E-state index in [1.165, 1.54) is 0 Å². The third-order valence-electron chi connectivity index (χ3n) is 8.93. The van der Waals surface area contributed by atoms with Crippen LogP contribution in [0.1, 0.15) is 111 Å². The van der Waals surface area contributed by atoms with Crippen LogP contribution < -0.4 is 15.2 Å². The van der Waals surface area contributed by atoms with Gasteiger partial charge in [-0.25, -0.2) is 14.1 Å². The maximum atomic E-state index is 13.5. The number of phosphoric acid groups is 2. The van der Waals surface area contributed by atoms with E-state index in [-0.39, 0.29) is 6.61 Å². The number of aryl methyl sites for hydroxylation is 2. The van der Waals surface area contributed by atoms with E-state index in [1.807, 2.05) is 88.9 Å². The number of rotatable bonds is 27. The molecule has 352 valence electrons. The fourth-order valence-corrected chi connectivity index (χ4v) is 8.80. The Balaban J connectivity index is 0.000000451. The van der Waals surface area contributed by atoms with Gasteiger partial charge in [-0.3, -0.25) is 18.1 Å². The molecular formula is C44H70I2N2O12P2. The molecule has 2 aromatic carbocycles. The first-order valence-corrected chi connectivity index (χ1v) is 26.4. The minimum atomic E-state index is -4.61. The minimum Gasteiger partial charge on any atom is -0.494 e. The van der Waals surface area contributed by atoms with E-state index < -0.39 is 51.1 Å². The fraction of sp³-hybridized carbons (Fsp3) is 0.614. The van der Waals surface area contributed by atoms with Gasteiger partial charge in [-0.15, -0.1) is 0 Å². The molecule has 5 N–H and O–H groups in total. The van der Waals surface area contributed by atoms with E-state index in [1.54, 1.807) is 0 Å². The third-order valence-corrected chi connectivity index (χ3v) is 12.4. The maximum absolute atomic E-state index is 13.5. The molecule has 1 aliphatic heterocycles. The zero-order chi connectivity index (χ0) is 46.3. The van der Waals surface area contributed by atoms with Gasteiger partial charge in [0.1, 0.15) is 23.6 Å². The first-order valence-electron chi connectivity index (χ1n) is 20.9. The molecule has 18 heteroatoms. The topological polar surface area (TPSA) is 198 Å². The van der Waals surface area contributed by atoms with Crippen LogP contribution in [0.15, 0.2) is 73.8 Å². The lowest BCUT2D eigenvalue weighted by Crippen LogP contribution is -2.48. The fourth-order valence-electron chi connectivity index (χ4n) is 5.77. The standard InChI is InChI=1S/C27H43INO6P.C17H27INO6P/c1-22-29-27(20-32-22,21-33-36(30,34-25(2,3)4)35-26(5,6)7)17-16-23-12-14-24(15-13-23)31-19-11-9-8-10-18-28;18-11-3-1-2-4-12-24-16-7-5-15(6-8-16)9-10-17(19,13-20)14-25-26(21,22)23/h10,12-15,18H,8-9,11,16-17,19-21H2,1-7H3;3,5-8,11,20H,1-2,4,9-10,12-14,19H2,(H2,21,22,23)/b18-10-;11-3-. The predicted molar refractivity (Wildman–Crippen MR) is 264 cm³/mol. The van der Waals surface area contributed by atoms with E-state index in [0.717, 1.165) is 67.6 Å². The summed E-state index contributed by atoms with van der Waals surface area (Å²) in [5.74, 6) is 2.27. The quantitative estimate of drug-likeness (QED) is 0.0375. The molecule has 0 spiro atoms. The van der Waals surface area contributed by atoms with Crippen LogP contribution in [0.4, 0.5) is 0 Å². The average Bonchev–Trinajstić information content (AvgIpc) is 3.57. The first kappa shape index (κ1) is 56.7. The molecule has 1 heterocycles. The van der Waals surface area contributed by atoms with Gasteiger partial charge in [-0.2, -0.15) is 0 Å². The van der Waals surface area contributed by atoms with Crippen LogP contribution in [0.5, 0.6) is 11.5 Å². The summed E-state index contributed by atoms with van der Waals surface area (Å²) in [6.45, 7) is 13.7. The number of nitrogens with two attached hydrogens (primary N) is 1. The highest BCUT2D eigenvalue weighted by Gasteiger charge is 2.43. The number of aliphatic imine (C=N–C) groups is 1. The Bertz CT molecular complexity index is 1740. The van der Waals surface area contributed by atoms with Crippen molar-refractivity contribution >= 4 is 66.7 Å². The second-order valence-electron chi connectivity index (χ2n) is 17.3. The van der Waals surface area contributed by atoms with E-state index in [9.17, 15) is 14.2 Å². The van der Waals surface area contributed by atoms with Crippen molar-refractivity contribution in [2.45, 2.75) is 135 Å². The van der Waals surface area contributed by atoms with Crippen molar-refractivity contribution in [3.8, 4) is 11.5 Å². The molecule has 2 unspecified atom stereocenters. The Hall–Kier alpha value is -1.41. The molecule has 0 aliphatic carbocycles. The highest BCUT2D eigenvalue weighted by molar-refractivity contribution is 14.1. The Morgan fingerprint density at radius 2 is 1.27 bits per heavy atom. The highest BCUT2D eigenvalue weighted by atomic mass is 127. The van der Waals surface area contributed by atoms with Gasteiger partial charge in [0.15, 0.2) is 5.90 Å². The van der Waals surface area contributed by atoms with Gasteiger partial charge >= 0.3 is 15.6 Å². The van der Waals surface area contributed by atoms with Crippen molar-refractivity contribution in [3.05, 3.63) is 80.0 Å². The highest BCUT2D eigenvalue weighted by Crippen LogP contribution is 2.56. The van der Waals surface area contributed by atoms with Gasteiger partial charge in [0, 0.05) is 6.92 Å². The van der Waals surface area contributed by atoms with Crippen molar-refractivity contribution in [1.29, 1.82) is 0 Å². The normalized spacial score (nSPS) is 17.1. The molecule has 0 radical (unpaired) electrons. The minimum absolute atomic E-state index is 0.0712. The second kappa shape index (κ2) is 27.9. The van der Waals surface area contributed by atoms with Crippen LogP contribution in [0.25, 0.3) is 0 Å². The first-order chi connectivity index (χ1) is 29.0. The number of phosphoric ester groups is 2. The summed E-state index contributed by atoms with van der Waals surface area (Å²) in [7, 11) is -8.45. The van der Waals surface area contributed by atoms with Crippen LogP contribution in [-0.2, 0) is 44.8 Å². The van der Waals surface area contributed by atoms with Crippen molar-refractivity contribution in [1.82, 2.24) is 0 Å². The van der Waals surface area contributed by atoms with E-state index in [2.05, 4.69) is 78.1 Å². The van der Waals surface area contributed by atoms with Gasteiger partial charge in [-0.05, 0) is 149 Å². The van der Waals surface area contributed by atoms with Crippen LogP contribution in [0.2, 0.25) is 0 Å². The van der Waals surface area contributed by atoms with Crippen LogP contribution in [0, 0.1) is 0 Å². The molecule has 1 aliphatic rings. The number of aliphatic hydroxyl groups is 1. The van der Waals surface area contributed by atoms with Gasteiger partial charge in [0.25, 0.3) is 0 Å². The molecule has 0 bridgehead atoms. The van der Waals surface area contributed by atoms with Gasteiger partial charge in [-0.1, -0.05) is 81.6 Å². The maximum Gasteiger partial charge on any atom is 0.475 e. The molecule has 0 fully saturated rings. The number of allylic oxidation sites excluding steroid dienone is 2. The number of aliphatic hydroxyl groups excluding tert-OH is 1. The van der Waals surface area contributed by atoms with Crippen LogP contribution in [-0.4, -0.2) is 82.7 Å². The molecule has 2 aromatic rings. The molecule has 2 atom stereocenters. The molecule has 0 amide bonds. The summed E-state index contributed by atoms with van der Waals surface area (Å²) in [4.78, 5) is 22.2. The van der Waals surface area contributed by atoms with Crippen molar-refractivity contribution in [3.63, 3.8) is 0 Å². The summed E-state index contributed by atoms with van der Waals surface area (Å²) in [5.41, 5.74) is 4.83. The lowest BCUT2D eigenvalue weighted by atomic mass is 9.94. The zero-order valence-corrected chi connectivity index (χ0v) is 43.5. The molecule has 62 heavy (non-hydrogen) atoms. The van der Waals surface area contributed by atoms with Crippen molar-refractivity contribution in [2.75, 3.05) is 39.6 Å². The number of ether oxygens (including phenoxy) is 3. The molecule has 0 aromatic heterocycles. The summed E-state index contributed by atoms with van der Waals surface area (Å²) in [6, 6.07) is 15.7. The van der Waals surface area contributed by atoms with Gasteiger partial charge in [0.2, 0.25) is 0 Å². The number of unbranched alkanes of at least 4 members (excludes halogenated alkanes) is 4. The number of benzene rings is 2. The van der Waals surface area contributed by atoms with Crippen molar-refractivity contribution in [2.24, 2.45) is 10.7 Å². The number of nitrogens with zero attached hydrogens (tertiary/aromatic N) is 1. The van der Waals surface area contributed by atoms with Gasteiger partial charge < -0.3 is 34.8 Å². The number of hydrogen-bond acceptors (Lipinski definition) is 12. The van der Waals surface area contributed by atoms with E-state index in [0.29, 0.717) is 45.0 Å². The summed E-state index contributed by atoms with van der Waals surface area (Å²) in [6.07, 6.45) is 13.0. The summed E-state index contributed by atoms with van der Waals surface area (Å²) < 4.78 is 67.5. The molecule has 3 rings (SSSR count). The molecule has 14 nitrogen and oxygen atoms in total. The molecule has 0 saturated carbocycles. The zero-order valence-electron chi connectivity index (χ0n) is 37.4. The lowest BCUT2D eigenvalue weighted by Gasteiger charge is -2.33. The Labute approximate surface area is 397 Å². The Morgan fingerprint density at radius 3 is 1.68 bits per heavy atom. The summed E-state index contributed by atoms with van der Waals surface area (Å²) >= 11 is 4.45. The average molecular weight is 1130 g/mol. The van der Waals surface area contributed by atoms with E-state index in [4.69, 9.17) is 48.3 Å². The molecule has 0 saturated heterocycles. The second-order valence-corrected chi connectivity index (χ2v) is 21.5. The van der Waals surface area contributed by atoms with Gasteiger partial charge in [0.05, 0.1) is 49.8 Å². The SMILES string of the molecule is CC1=NC(CCc2ccc(OCCCC/C=C\I)cc2)(COP(=O)(OC(C)(C)C)OC(C)(C)C)CO1.NC(CO)(CCc1ccc(OCCCC/C=C\I)cc1)COP(=O)(O)O. The predicted octanol–water partition coefficient (Wildman–Crippen LogP) is 11.0. The monoisotopic (exact) mass is 1130 g/mol. The largest absolute Gasteiger partial charge is 0.494 e. The lowest BCUT2D eigenvalue weighted by molar-refractivity contribution is -0.00468. The third kappa shape index (κ3) is 25.9. The number of halogens is 2. The smallest absolute Gasteiger partial charge is 0.475 e. The van der Waals surface area contributed by atoms with Crippen LogP contribution >= 0.6 is 60.8 Å². The Morgan fingerprint density at radius 1 is 0.790 bits per heavy atom. The number of hydrogen-bond donors (Lipinski definition) is 4. The van der Waals surface area contributed by atoms with Crippen molar-refractivity contribution < 1.29 is 56.3 Å². The Kier molecular flexibility index (Phi) is 25.5. The van der Waals surface area contributed by atoms with E-state index >= 15 is 0 Å².